The molecular formula is C16H23N3O. The van der Waals surface area contributed by atoms with Gasteiger partial charge in [0.05, 0.1) is 5.56 Å². The van der Waals surface area contributed by atoms with Crippen LogP contribution in [-0.4, -0.2) is 41.5 Å². The summed E-state index contributed by atoms with van der Waals surface area (Å²) in [5, 5.41) is 3.64. The number of aryl methyl sites for hydroxylation is 1. The second kappa shape index (κ2) is 5.92. The fourth-order valence-electron chi connectivity index (χ4n) is 2.82. The summed E-state index contributed by atoms with van der Waals surface area (Å²) >= 11 is 0. The number of likely N-dealkylation sites (tertiary alicyclic amines) is 1. The van der Waals surface area contributed by atoms with E-state index in [9.17, 15) is 4.79 Å². The lowest BCUT2D eigenvalue weighted by Gasteiger charge is -2.32. The largest absolute Gasteiger partial charge is 0.338 e. The Kier molecular flexibility index (Phi) is 4.01. The third-order valence-electron chi connectivity index (χ3n) is 4.41. The van der Waals surface area contributed by atoms with E-state index in [0.717, 1.165) is 43.1 Å². The van der Waals surface area contributed by atoms with Crippen molar-refractivity contribution in [3.63, 3.8) is 0 Å². The smallest absolute Gasteiger partial charge is 0.255 e. The van der Waals surface area contributed by atoms with Crippen LogP contribution in [0, 0.1) is 12.8 Å². The molecule has 0 spiro atoms. The van der Waals surface area contributed by atoms with Crippen LogP contribution in [0.4, 0.5) is 0 Å². The van der Waals surface area contributed by atoms with Gasteiger partial charge in [0, 0.05) is 31.0 Å². The Labute approximate surface area is 120 Å². The average molecular weight is 273 g/mol. The highest BCUT2D eigenvalue weighted by atomic mass is 16.2. The molecule has 2 fully saturated rings. The van der Waals surface area contributed by atoms with Crippen LogP contribution in [-0.2, 0) is 0 Å². The normalized spacial score (nSPS) is 20.1. The number of carbonyl (C=O) groups is 1. The van der Waals surface area contributed by atoms with Gasteiger partial charge in [-0.25, -0.2) is 0 Å². The van der Waals surface area contributed by atoms with Crippen molar-refractivity contribution >= 4 is 5.91 Å². The number of nitrogens with zero attached hydrogens (tertiary/aromatic N) is 2. The van der Waals surface area contributed by atoms with E-state index >= 15 is 0 Å². The lowest BCUT2D eigenvalue weighted by molar-refractivity contribution is 0.0703. The van der Waals surface area contributed by atoms with Gasteiger partial charge in [0.25, 0.3) is 5.91 Å². The minimum atomic E-state index is 0.135. The van der Waals surface area contributed by atoms with Crippen molar-refractivity contribution in [1.82, 2.24) is 15.2 Å². The van der Waals surface area contributed by atoms with Crippen molar-refractivity contribution in [2.24, 2.45) is 5.92 Å². The van der Waals surface area contributed by atoms with E-state index in [0.29, 0.717) is 6.04 Å². The molecule has 2 aliphatic rings. The molecule has 0 bridgehead atoms. The van der Waals surface area contributed by atoms with Crippen LogP contribution in [0.1, 0.15) is 41.7 Å². The Morgan fingerprint density at radius 3 is 2.75 bits per heavy atom. The van der Waals surface area contributed by atoms with E-state index in [1.807, 2.05) is 24.0 Å². The summed E-state index contributed by atoms with van der Waals surface area (Å²) in [6.45, 7) is 4.78. The van der Waals surface area contributed by atoms with Crippen LogP contribution in [0.2, 0.25) is 0 Å². The first-order chi connectivity index (χ1) is 9.74. The zero-order valence-electron chi connectivity index (χ0n) is 12.1. The summed E-state index contributed by atoms with van der Waals surface area (Å²) in [4.78, 5) is 18.6. The molecule has 1 aromatic heterocycles. The summed E-state index contributed by atoms with van der Waals surface area (Å²) in [6.07, 6.45) is 6.66. The lowest BCUT2D eigenvalue weighted by Crippen LogP contribution is -2.45. The van der Waals surface area contributed by atoms with Gasteiger partial charge >= 0.3 is 0 Å². The molecule has 4 heteroatoms. The van der Waals surface area contributed by atoms with Gasteiger partial charge in [-0.05, 0) is 57.2 Å². The molecule has 1 aliphatic heterocycles. The van der Waals surface area contributed by atoms with E-state index in [4.69, 9.17) is 0 Å². The first-order valence-corrected chi connectivity index (χ1v) is 7.68. The summed E-state index contributed by atoms with van der Waals surface area (Å²) in [6, 6.07) is 4.31. The van der Waals surface area contributed by atoms with Gasteiger partial charge in [0.1, 0.15) is 0 Å². The van der Waals surface area contributed by atoms with E-state index in [1.165, 1.54) is 19.4 Å². The number of carbonyl (C=O) groups excluding carboxylic acids is 1. The maximum atomic E-state index is 12.5. The molecule has 2 heterocycles. The molecule has 1 saturated heterocycles. The zero-order chi connectivity index (χ0) is 13.9. The average Bonchev–Trinajstić information content (AvgIpc) is 3.30. The van der Waals surface area contributed by atoms with E-state index in [-0.39, 0.29) is 5.91 Å². The number of pyridine rings is 1. The number of nitrogens with one attached hydrogen (secondary N) is 1. The summed E-state index contributed by atoms with van der Waals surface area (Å²) in [5.74, 6) is 1.06. The SMILES string of the molecule is Cc1ncccc1C(=O)N1CCC(NCC2CC2)CC1. The molecule has 0 aromatic carbocycles. The van der Waals surface area contributed by atoms with Gasteiger partial charge in [-0.2, -0.15) is 0 Å². The number of rotatable bonds is 4. The first-order valence-electron chi connectivity index (χ1n) is 7.68. The Morgan fingerprint density at radius 2 is 2.10 bits per heavy atom. The van der Waals surface area contributed by atoms with Crippen molar-refractivity contribution in [3.8, 4) is 0 Å². The van der Waals surface area contributed by atoms with Crippen LogP contribution in [0.15, 0.2) is 18.3 Å². The number of piperidine rings is 1. The van der Waals surface area contributed by atoms with E-state index in [1.54, 1.807) is 6.20 Å². The van der Waals surface area contributed by atoms with Gasteiger partial charge in [-0.3, -0.25) is 9.78 Å². The van der Waals surface area contributed by atoms with E-state index in [2.05, 4.69) is 10.3 Å². The Bertz CT molecular complexity index is 476. The van der Waals surface area contributed by atoms with Gasteiger partial charge in [-0.15, -0.1) is 0 Å². The predicted octanol–water partition coefficient (Wildman–Crippen LogP) is 1.99. The minimum Gasteiger partial charge on any atom is -0.338 e. The quantitative estimate of drug-likeness (QED) is 0.912. The molecule has 0 unspecified atom stereocenters. The van der Waals surface area contributed by atoms with Crippen molar-refractivity contribution < 1.29 is 4.79 Å². The van der Waals surface area contributed by atoms with Crippen LogP contribution in [0.25, 0.3) is 0 Å². The van der Waals surface area contributed by atoms with Crippen molar-refractivity contribution in [1.29, 1.82) is 0 Å². The molecule has 1 aliphatic carbocycles. The molecule has 1 N–H and O–H groups in total. The Hall–Kier alpha value is -1.42. The maximum Gasteiger partial charge on any atom is 0.255 e. The second-order valence-electron chi connectivity index (χ2n) is 6.05. The van der Waals surface area contributed by atoms with Crippen LogP contribution < -0.4 is 5.32 Å². The predicted molar refractivity (Wildman–Crippen MR) is 78.6 cm³/mol. The summed E-state index contributed by atoms with van der Waals surface area (Å²) < 4.78 is 0. The van der Waals surface area contributed by atoms with Gasteiger partial charge in [-0.1, -0.05) is 0 Å². The lowest BCUT2D eigenvalue weighted by atomic mass is 10.0. The Morgan fingerprint density at radius 1 is 1.35 bits per heavy atom. The molecule has 108 valence electrons. The molecule has 4 nitrogen and oxygen atoms in total. The molecule has 1 amide bonds. The molecule has 1 aromatic rings. The highest BCUT2D eigenvalue weighted by Crippen LogP contribution is 2.28. The summed E-state index contributed by atoms with van der Waals surface area (Å²) in [5.41, 5.74) is 1.57. The van der Waals surface area contributed by atoms with Gasteiger partial charge in [0.2, 0.25) is 0 Å². The van der Waals surface area contributed by atoms with Crippen molar-refractivity contribution in [3.05, 3.63) is 29.6 Å². The standard InChI is InChI=1S/C16H23N3O/c1-12-15(3-2-8-17-12)16(20)19-9-6-14(7-10-19)18-11-13-4-5-13/h2-3,8,13-14,18H,4-7,9-11H2,1H3. The first kappa shape index (κ1) is 13.6. The topological polar surface area (TPSA) is 45.2 Å². The fraction of sp³-hybridized carbons (Fsp3) is 0.625. The third-order valence-corrected chi connectivity index (χ3v) is 4.41. The number of aromatic nitrogens is 1. The highest BCUT2D eigenvalue weighted by molar-refractivity contribution is 5.95. The number of hydrogen-bond acceptors (Lipinski definition) is 3. The molecule has 20 heavy (non-hydrogen) atoms. The zero-order valence-corrected chi connectivity index (χ0v) is 12.1. The number of amides is 1. The van der Waals surface area contributed by atoms with Crippen LogP contribution in [0.5, 0.6) is 0 Å². The van der Waals surface area contributed by atoms with Gasteiger partial charge in [0.15, 0.2) is 0 Å². The molecule has 1 saturated carbocycles. The number of hydrogen-bond donors (Lipinski definition) is 1. The molecule has 3 rings (SSSR count). The Balaban J connectivity index is 1.52. The molecule has 0 radical (unpaired) electrons. The van der Waals surface area contributed by atoms with E-state index < -0.39 is 0 Å². The third kappa shape index (κ3) is 3.18. The minimum absolute atomic E-state index is 0.135. The van der Waals surface area contributed by atoms with Crippen molar-refractivity contribution in [2.75, 3.05) is 19.6 Å². The molecular weight excluding hydrogens is 250 g/mol. The van der Waals surface area contributed by atoms with Crippen LogP contribution >= 0.6 is 0 Å². The summed E-state index contributed by atoms with van der Waals surface area (Å²) in [7, 11) is 0. The van der Waals surface area contributed by atoms with Crippen molar-refractivity contribution in [2.45, 2.75) is 38.6 Å². The highest BCUT2D eigenvalue weighted by Gasteiger charge is 2.26. The molecule has 0 atom stereocenters. The monoisotopic (exact) mass is 273 g/mol. The maximum absolute atomic E-state index is 12.5. The second-order valence-corrected chi connectivity index (χ2v) is 6.05. The van der Waals surface area contributed by atoms with Gasteiger partial charge < -0.3 is 10.2 Å². The fourth-order valence-corrected chi connectivity index (χ4v) is 2.82. The van der Waals surface area contributed by atoms with Crippen LogP contribution in [0.3, 0.4) is 0 Å².